The van der Waals surface area contributed by atoms with Crippen LogP contribution in [0.3, 0.4) is 0 Å². The van der Waals surface area contributed by atoms with Crippen molar-refractivity contribution in [3.63, 3.8) is 0 Å². The summed E-state index contributed by atoms with van der Waals surface area (Å²) in [5, 5.41) is 10.9. The minimum Gasteiger partial charge on any atom is -0.465 e. The van der Waals surface area contributed by atoms with Crippen LogP contribution in [0.4, 0.5) is 13.2 Å². The number of benzene rings is 1. The molecular formula is C20H22F3NO5. The molecule has 6 nitrogen and oxygen atoms in total. The molecule has 1 aromatic heterocycles. The number of amides is 1. The van der Waals surface area contributed by atoms with Gasteiger partial charge in [-0.2, -0.15) is 13.2 Å². The number of halogens is 3. The Morgan fingerprint density at radius 2 is 1.83 bits per heavy atom. The molecule has 0 aliphatic carbocycles. The van der Waals surface area contributed by atoms with E-state index < -0.39 is 12.1 Å². The first-order valence-corrected chi connectivity index (χ1v) is 9.23. The number of ether oxygens (including phenoxy) is 2. The van der Waals surface area contributed by atoms with Gasteiger partial charge in [0.2, 0.25) is 6.79 Å². The molecule has 1 aliphatic rings. The summed E-state index contributed by atoms with van der Waals surface area (Å²) in [4.78, 5) is 11.0. The first-order valence-electron chi connectivity index (χ1n) is 9.23. The Bertz CT molecular complexity index is 876. The van der Waals surface area contributed by atoms with Gasteiger partial charge in [-0.25, -0.2) is 0 Å². The third-order valence-electron chi connectivity index (χ3n) is 4.64. The average Bonchev–Trinajstić information content (AvgIpc) is 3.25. The number of hydrogen-bond acceptors (Lipinski definition) is 5. The van der Waals surface area contributed by atoms with Crippen LogP contribution >= 0.6 is 0 Å². The summed E-state index contributed by atoms with van der Waals surface area (Å²) in [5.74, 6) is 0.623. The smallest absolute Gasteiger partial charge is 0.465 e. The van der Waals surface area contributed by atoms with Crippen LogP contribution in [-0.2, 0) is 24.1 Å². The number of aryl methyl sites for hydroxylation is 2. The number of carbonyl (C=O) groups is 1. The number of alkyl halides is 3. The molecule has 0 atom stereocenters. The van der Waals surface area contributed by atoms with E-state index in [-0.39, 0.29) is 26.4 Å². The lowest BCUT2D eigenvalue weighted by atomic mass is 9.98. The highest BCUT2D eigenvalue weighted by Gasteiger charge is 2.38. The van der Waals surface area contributed by atoms with Crippen LogP contribution in [0, 0.1) is 6.92 Å². The molecule has 1 aliphatic heterocycles. The molecule has 0 unspecified atom stereocenters. The maximum Gasteiger partial charge on any atom is 0.471 e. The van der Waals surface area contributed by atoms with Gasteiger partial charge in [0.1, 0.15) is 11.5 Å². The Balaban J connectivity index is 1.77. The summed E-state index contributed by atoms with van der Waals surface area (Å²) < 4.78 is 53.8. The molecule has 2 aromatic rings. The molecule has 1 amide bonds. The molecule has 2 heterocycles. The van der Waals surface area contributed by atoms with E-state index in [1.54, 1.807) is 12.1 Å². The molecule has 0 saturated carbocycles. The van der Waals surface area contributed by atoms with Gasteiger partial charge in [0.15, 0.2) is 11.5 Å². The van der Waals surface area contributed by atoms with E-state index in [9.17, 15) is 18.0 Å². The van der Waals surface area contributed by atoms with E-state index in [0.717, 1.165) is 28.2 Å². The second kappa shape index (κ2) is 8.77. The second-order valence-electron chi connectivity index (χ2n) is 6.80. The van der Waals surface area contributed by atoms with Crippen LogP contribution in [0.15, 0.2) is 22.6 Å². The predicted octanol–water partition coefficient (Wildman–Crippen LogP) is 3.05. The standard InChI is InChI=1S/C20H22F3NO5/c1-12-7-15(3-2-6-25)29-16(12)9-14-10-18-17(27-11-28-18)8-13(14)4-5-24-19(26)20(21,22)23/h7-8,10,25H,2-6,9,11H2,1H3,(H,24,26). The van der Waals surface area contributed by atoms with E-state index in [0.29, 0.717) is 30.8 Å². The largest absolute Gasteiger partial charge is 0.471 e. The van der Waals surface area contributed by atoms with Crippen LogP contribution in [0.2, 0.25) is 0 Å². The van der Waals surface area contributed by atoms with Crippen molar-refractivity contribution < 1.29 is 37.0 Å². The number of nitrogens with one attached hydrogen (secondary N) is 1. The number of carbonyl (C=O) groups excluding carboxylic acids is 1. The van der Waals surface area contributed by atoms with Gasteiger partial charge >= 0.3 is 12.1 Å². The highest BCUT2D eigenvalue weighted by atomic mass is 19.4. The minimum absolute atomic E-state index is 0.0744. The molecule has 0 radical (unpaired) electrons. The zero-order chi connectivity index (χ0) is 21.0. The molecule has 9 heteroatoms. The van der Waals surface area contributed by atoms with E-state index in [2.05, 4.69) is 0 Å². The Kier molecular flexibility index (Phi) is 6.36. The van der Waals surface area contributed by atoms with Gasteiger partial charge in [0, 0.05) is 26.0 Å². The van der Waals surface area contributed by atoms with Crippen molar-refractivity contribution >= 4 is 5.91 Å². The van der Waals surface area contributed by atoms with Crippen LogP contribution < -0.4 is 14.8 Å². The van der Waals surface area contributed by atoms with E-state index in [1.165, 1.54) is 0 Å². The Morgan fingerprint density at radius 3 is 2.48 bits per heavy atom. The summed E-state index contributed by atoms with van der Waals surface area (Å²) in [6.45, 7) is 1.90. The van der Waals surface area contributed by atoms with Gasteiger partial charge in [-0.05, 0) is 54.7 Å². The van der Waals surface area contributed by atoms with Gasteiger partial charge in [0.25, 0.3) is 0 Å². The van der Waals surface area contributed by atoms with Crippen molar-refractivity contribution in [2.24, 2.45) is 0 Å². The number of rotatable bonds is 8. The van der Waals surface area contributed by atoms with Gasteiger partial charge in [-0.3, -0.25) is 4.79 Å². The van der Waals surface area contributed by atoms with Crippen molar-refractivity contribution in [1.29, 1.82) is 0 Å². The number of hydrogen-bond donors (Lipinski definition) is 2. The zero-order valence-corrected chi connectivity index (χ0v) is 15.9. The van der Waals surface area contributed by atoms with Gasteiger partial charge < -0.3 is 24.3 Å². The molecule has 0 spiro atoms. The molecule has 29 heavy (non-hydrogen) atoms. The fourth-order valence-electron chi connectivity index (χ4n) is 3.15. The highest BCUT2D eigenvalue weighted by molar-refractivity contribution is 5.81. The lowest BCUT2D eigenvalue weighted by Gasteiger charge is -2.12. The first kappa shape index (κ1) is 21.0. The number of fused-ring (bicyclic) bond motifs is 1. The van der Waals surface area contributed by atoms with Crippen molar-refractivity contribution in [1.82, 2.24) is 5.32 Å². The lowest BCUT2D eigenvalue weighted by molar-refractivity contribution is -0.173. The third-order valence-corrected chi connectivity index (χ3v) is 4.64. The van der Waals surface area contributed by atoms with Crippen molar-refractivity contribution in [3.8, 4) is 11.5 Å². The zero-order valence-electron chi connectivity index (χ0n) is 15.9. The molecule has 3 rings (SSSR count). The SMILES string of the molecule is Cc1cc(CCCO)oc1Cc1cc2c(cc1CCNC(=O)C(F)(F)F)OCO2. The minimum atomic E-state index is -4.91. The monoisotopic (exact) mass is 413 g/mol. The Labute approximate surface area is 165 Å². The van der Waals surface area contributed by atoms with Crippen LogP contribution in [0.1, 0.15) is 34.6 Å². The molecule has 1 aromatic carbocycles. The first-order chi connectivity index (χ1) is 13.8. The molecular weight excluding hydrogens is 391 g/mol. The molecule has 2 N–H and O–H groups in total. The number of aliphatic hydroxyl groups is 1. The Morgan fingerprint density at radius 1 is 1.14 bits per heavy atom. The van der Waals surface area contributed by atoms with Crippen molar-refractivity contribution in [2.45, 2.75) is 38.8 Å². The molecule has 0 bridgehead atoms. The van der Waals surface area contributed by atoms with Gasteiger partial charge in [-0.1, -0.05) is 0 Å². The summed E-state index contributed by atoms with van der Waals surface area (Å²) in [7, 11) is 0. The normalized spacial score (nSPS) is 13.0. The summed E-state index contributed by atoms with van der Waals surface area (Å²) >= 11 is 0. The second-order valence-corrected chi connectivity index (χ2v) is 6.80. The number of furan rings is 1. The maximum atomic E-state index is 12.4. The maximum absolute atomic E-state index is 12.4. The van der Waals surface area contributed by atoms with Crippen LogP contribution in [-0.4, -0.2) is 37.1 Å². The average molecular weight is 413 g/mol. The van der Waals surface area contributed by atoms with Crippen LogP contribution in [0.5, 0.6) is 11.5 Å². The number of aliphatic hydroxyl groups excluding tert-OH is 1. The van der Waals surface area contributed by atoms with Gasteiger partial charge in [0.05, 0.1) is 0 Å². The van der Waals surface area contributed by atoms with E-state index >= 15 is 0 Å². The van der Waals surface area contributed by atoms with Crippen molar-refractivity contribution in [2.75, 3.05) is 19.9 Å². The molecule has 0 fully saturated rings. The van der Waals surface area contributed by atoms with Gasteiger partial charge in [-0.15, -0.1) is 0 Å². The third kappa shape index (κ3) is 5.23. The van der Waals surface area contributed by atoms with Crippen LogP contribution in [0.25, 0.3) is 0 Å². The summed E-state index contributed by atoms with van der Waals surface area (Å²) in [5.41, 5.74) is 2.51. The van der Waals surface area contributed by atoms with E-state index in [1.807, 2.05) is 18.3 Å². The molecule has 0 saturated heterocycles. The fourth-order valence-corrected chi connectivity index (χ4v) is 3.15. The fraction of sp³-hybridized carbons (Fsp3) is 0.450. The summed E-state index contributed by atoms with van der Waals surface area (Å²) in [6, 6.07) is 5.43. The Hall–Kier alpha value is -2.68. The lowest BCUT2D eigenvalue weighted by Crippen LogP contribution is -2.37. The quantitative estimate of drug-likeness (QED) is 0.695. The topological polar surface area (TPSA) is 80.9 Å². The van der Waals surface area contributed by atoms with E-state index in [4.69, 9.17) is 19.0 Å². The molecule has 158 valence electrons. The predicted molar refractivity (Wildman–Crippen MR) is 97.0 cm³/mol. The van der Waals surface area contributed by atoms with Crippen molar-refractivity contribution in [3.05, 3.63) is 46.4 Å². The highest BCUT2D eigenvalue weighted by Crippen LogP contribution is 2.36. The summed E-state index contributed by atoms with van der Waals surface area (Å²) in [6.07, 6.45) is -3.07.